The van der Waals surface area contributed by atoms with E-state index in [0.29, 0.717) is 48.2 Å². The maximum absolute atomic E-state index is 13.1. The van der Waals surface area contributed by atoms with E-state index in [4.69, 9.17) is 13.7 Å². The third-order valence-corrected chi connectivity index (χ3v) is 8.46. The minimum atomic E-state index is -0.750. The standard InChI is InChI=1S/C34H39N5O2.O2S/c1-25(2)29-7-10-31(11-8-29)38-17-19-39(20-18-38)34(41)30-9-12-32(36-23-30)33(40)21-26-13-15-37(16-14-26)24-28-5-3-27(22-35)4-6-28;1-3-2/h3-12,23,25-26H,13-21,24H2,1-2H3;. The van der Waals surface area contributed by atoms with Crippen molar-refractivity contribution in [3.05, 3.63) is 94.8 Å². The second-order valence-electron chi connectivity index (χ2n) is 11.7. The number of anilines is 1. The molecule has 0 N–H and O–H groups in total. The third kappa shape index (κ3) is 8.91. The molecule has 5 rings (SSSR count). The Balaban J connectivity index is 0.00000141. The summed E-state index contributed by atoms with van der Waals surface area (Å²) in [4.78, 5) is 37.1. The van der Waals surface area contributed by atoms with E-state index in [9.17, 15) is 9.59 Å². The zero-order chi connectivity index (χ0) is 31.5. The van der Waals surface area contributed by atoms with Gasteiger partial charge in [-0.15, -0.1) is 0 Å². The van der Waals surface area contributed by atoms with Crippen molar-refractivity contribution in [2.45, 2.75) is 45.6 Å². The van der Waals surface area contributed by atoms with Gasteiger partial charge in [0.25, 0.3) is 5.91 Å². The Labute approximate surface area is 263 Å². The predicted octanol–water partition coefficient (Wildman–Crippen LogP) is 4.85. The van der Waals surface area contributed by atoms with E-state index in [1.807, 2.05) is 29.2 Å². The molecule has 2 aliphatic heterocycles. The van der Waals surface area contributed by atoms with Crippen LogP contribution in [0.25, 0.3) is 0 Å². The van der Waals surface area contributed by atoms with Gasteiger partial charge >= 0.3 is 11.6 Å². The lowest BCUT2D eigenvalue weighted by atomic mass is 9.90. The Morgan fingerprint density at radius 1 is 0.909 bits per heavy atom. The quantitative estimate of drug-likeness (QED) is 0.331. The molecule has 0 atom stereocenters. The lowest BCUT2D eigenvalue weighted by Crippen LogP contribution is -2.48. The lowest BCUT2D eigenvalue weighted by Gasteiger charge is -2.36. The molecule has 3 aromatic rings. The number of hydrogen-bond donors (Lipinski definition) is 0. The van der Waals surface area contributed by atoms with Crippen molar-refractivity contribution in [3.8, 4) is 6.07 Å². The van der Waals surface area contributed by atoms with Crippen LogP contribution < -0.4 is 4.90 Å². The number of nitrogens with zero attached hydrogens (tertiary/aromatic N) is 5. The van der Waals surface area contributed by atoms with Gasteiger partial charge in [0.2, 0.25) is 0 Å². The summed E-state index contributed by atoms with van der Waals surface area (Å²) in [6, 6.07) is 22.1. The first-order valence-electron chi connectivity index (χ1n) is 15.1. The third-order valence-electron chi connectivity index (χ3n) is 8.46. The summed E-state index contributed by atoms with van der Waals surface area (Å²) in [5.74, 6) is 0.882. The van der Waals surface area contributed by atoms with Gasteiger partial charge in [0.05, 0.1) is 17.2 Å². The first kappa shape index (κ1) is 32.7. The van der Waals surface area contributed by atoms with Gasteiger partial charge in [-0.3, -0.25) is 19.5 Å². The van der Waals surface area contributed by atoms with Gasteiger partial charge in [-0.1, -0.05) is 38.1 Å². The molecule has 3 heterocycles. The zero-order valence-electron chi connectivity index (χ0n) is 25.4. The Bertz CT molecular complexity index is 1460. The summed E-state index contributed by atoms with van der Waals surface area (Å²) in [7, 11) is 0. The molecule has 2 aliphatic rings. The van der Waals surface area contributed by atoms with Gasteiger partial charge in [0.15, 0.2) is 5.78 Å². The maximum atomic E-state index is 13.1. The lowest BCUT2D eigenvalue weighted by molar-refractivity contribution is 0.0745. The van der Waals surface area contributed by atoms with E-state index >= 15 is 0 Å². The Hall–Kier alpha value is -4.20. The molecule has 0 aliphatic carbocycles. The summed E-state index contributed by atoms with van der Waals surface area (Å²) in [5, 5.41) is 8.97. The molecule has 2 aromatic carbocycles. The van der Waals surface area contributed by atoms with Crippen LogP contribution in [0.5, 0.6) is 0 Å². The van der Waals surface area contributed by atoms with Crippen molar-refractivity contribution in [2.75, 3.05) is 44.2 Å². The number of Topliss-reactive ketones (excluding diaryl/α,β-unsaturated/α-hetero) is 1. The fraction of sp³-hybridized carbons (Fsp3) is 0.412. The molecule has 0 spiro atoms. The van der Waals surface area contributed by atoms with Crippen LogP contribution in [0.2, 0.25) is 0 Å². The maximum Gasteiger partial charge on any atom is 0.335 e. The van der Waals surface area contributed by atoms with Crippen molar-refractivity contribution >= 4 is 28.9 Å². The zero-order valence-corrected chi connectivity index (χ0v) is 26.2. The van der Waals surface area contributed by atoms with Crippen molar-refractivity contribution in [3.63, 3.8) is 0 Å². The average molecular weight is 614 g/mol. The normalized spacial score (nSPS) is 15.7. The fourth-order valence-electron chi connectivity index (χ4n) is 5.76. The average Bonchev–Trinajstić information content (AvgIpc) is 3.06. The topological polar surface area (TPSA) is 115 Å². The van der Waals surface area contributed by atoms with E-state index < -0.39 is 11.6 Å². The summed E-state index contributed by atoms with van der Waals surface area (Å²) >= 11 is -0.750. The summed E-state index contributed by atoms with van der Waals surface area (Å²) in [5.41, 5.74) is 5.39. The van der Waals surface area contributed by atoms with E-state index in [1.165, 1.54) is 16.8 Å². The molecule has 0 saturated carbocycles. The van der Waals surface area contributed by atoms with Crippen LogP contribution in [-0.4, -0.2) is 74.2 Å². The van der Waals surface area contributed by atoms with Crippen molar-refractivity contribution in [2.24, 2.45) is 5.92 Å². The Kier molecular flexibility index (Phi) is 11.9. The van der Waals surface area contributed by atoms with Gasteiger partial charge in [-0.25, -0.2) is 0 Å². The van der Waals surface area contributed by atoms with Crippen LogP contribution in [-0.2, 0) is 18.1 Å². The second-order valence-corrected chi connectivity index (χ2v) is 11.8. The fourth-order valence-corrected chi connectivity index (χ4v) is 5.76. The molecule has 2 fully saturated rings. The SMILES string of the molecule is CC(C)c1ccc(N2CCN(C(=O)c3ccc(C(=O)CC4CCN(Cc5ccc(C#N)cc5)CC4)nc3)CC2)cc1.O=S=O. The summed E-state index contributed by atoms with van der Waals surface area (Å²) in [6.07, 6.45) is 4.01. The van der Waals surface area contributed by atoms with Crippen LogP contribution in [0, 0.1) is 17.2 Å². The van der Waals surface area contributed by atoms with Crippen LogP contribution in [0.15, 0.2) is 66.9 Å². The van der Waals surface area contributed by atoms with Crippen LogP contribution >= 0.6 is 0 Å². The first-order valence-corrected chi connectivity index (χ1v) is 15.7. The monoisotopic (exact) mass is 613 g/mol. The molecule has 0 unspecified atom stereocenters. The number of hydrogen-bond acceptors (Lipinski definition) is 8. The van der Waals surface area contributed by atoms with Crippen molar-refractivity contribution < 1.29 is 18.0 Å². The molecule has 230 valence electrons. The summed E-state index contributed by atoms with van der Waals surface area (Å²) < 4.78 is 16.6. The number of piperidine rings is 1. The van der Waals surface area contributed by atoms with Gasteiger partial charge in [0.1, 0.15) is 5.69 Å². The Morgan fingerprint density at radius 3 is 2.09 bits per heavy atom. The molecule has 10 heteroatoms. The van der Waals surface area contributed by atoms with E-state index in [1.54, 1.807) is 18.3 Å². The number of benzene rings is 2. The number of ketones is 1. The van der Waals surface area contributed by atoms with Crippen molar-refractivity contribution in [1.29, 1.82) is 5.26 Å². The number of piperazine rings is 1. The first-order chi connectivity index (χ1) is 21.3. The highest BCUT2D eigenvalue weighted by Gasteiger charge is 2.25. The molecule has 0 radical (unpaired) electrons. The minimum absolute atomic E-state index is 0.0269. The van der Waals surface area contributed by atoms with Gasteiger partial charge in [-0.2, -0.15) is 13.7 Å². The molecular formula is C34H39N5O4S. The van der Waals surface area contributed by atoms with E-state index in [2.05, 4.69) is 59.0 Å². The minimum Gasteiger partial charge on any atom is -0.368 e. The molecule has 44 heavy (non-hydrogen) atoms. The number of nitriles is 1. The highest BCUT2D eigenvalue weighted by atomic mass is 32.1. The molecular weight excluding hydrogens is 574 g/mol. The van der Waals surface area contributed by atoms with Crippen molar-refractivity contribution in [1.82, 2.24) is 14.8 Å². The predicted molar refractivity (Wildman–Crippen MR) is 170 cm³/mol. The molecule has 0 bridgehead atoms. The van der Waals surface area contributed by atoms with Gasteiger partial charge in [0, 0.05) is 51.0 Å². The van der Waals surface area contributed by atoms with Gasteiger partial charge in [-0.05, 0) is 85.3 Å². The number of carbonyl (C=O) groups excluding carboxylic acids is 2. The summed E-state index contributed by atoms with van der Waals surface area (Å²) in [6.45, 7) is 10.1. The number of aromatic nitrogens is 1. The molecule has 9 nitrogen and oxygen atoms in total. The van der Waals surface area contributed by atoms with E-state index in [-0.39, 0.29) is 11.7 Å². The number of rotatable bonds is 8. The smallest absolute Gasteiger partial charge is 0.335 e. The Morgan fingerprint density at radius 2 is 1.55 bits per heavy atom. The van der Waals surface area contributed by atoms with Gasteiger partial charge < -0.3 is 9.80 Å². The number of amides is 1. The number of carbonyl (C=O) groups is 2. The number of pyridine rings is 1. The van der Waals surface area contributed by atoms with Crippen LogP contribution in [0.1, 0.15) is 76.6 Å². The van der Waals surface area contributed by atoms with E-state index in [0.717, 1.165) is 45.6 Å². The molecule has 1 aromatic heterocycles. The van der Waals surface area contributed by atoms with Crippen LogP contribution in [0.3, 0.4) is 0 Å². The highest BCUT2D eigenvalue weighted by Crippen LogP contribution is 2.24. The highest BCUT2D eigenvalue weighted by molar-refractivity contribution is 7.51. The number of likely N-dealkylation sites (tertiary alicyclic amines) is 1. The molecule has 1 amide bonds. The van der Waals surface area contributed by atoms with Crippen LogP contribution in [0.4, 0.5) is 5.69 Å². The largest absolute Gasteiger partial charge is 0.368 e. The second kappa shape index (κ2) is 16.0. The molecule has 2 saturated heterocycles.